The van der Waals surface area contributed by atoms with E-state index in [9.17, 15) is 9.59 Å². The Balaban J connectivity index is 2.27. The molecule has 0 bridgehead atoms. The number of nitrogens with one attached hydrogen (secondary N) is 2. The molecule has 2 N–H and O–H groups in total. The zero-order valence-electron chi connectivity index (χ0n) is 20.5. The van der Waals surface area contributed by atoms with Crippen molar-refractivity contribution in [2.45, 2.75) is 72.8 Å². The molecule has 0 spiro atoms. The first-order valence-corrected chi connectivity index (χ1v) is 11.3. The van der Waals surface area contributed by atoms with E-state index in [-0.39, 0.29) is 36.1 Å². The van der Waals surface area contributed by atoms with Gasteiger partial charge < -0.3 is 14.3 Å². The number of esters is 2. The lowest BCUT2D eigenvalue weighted by atomic mass is 9.63. The number of carbonyl (C=O) groups is 2. The molecular formula is C24H42N2O6. The Labute approximate surface area is 193 Å². The molecule has 0 saturated heterocycles. The summed E-state index contributed by atoms with van der Waals surface area (Å²) in [6.07, 6.45) is 4.59. The minimum atomic E-state index is -0.406. The first kappa shape index (κ1) is 28.3. The SMILES string of the molecule is C=C(C)C(=O)OCCCCONC1CC(C)(C)CC(C)(CNOCCOC(=O)C(=C)C)C1. The van der Waals surface area contributed by atoms with E-state index in [4.69, 9.17) is 19.1 Å². The fourth-order valence-electron chi connectivity index (χ4n) is 4.19. The Kier molecular flexibility index (Phi) is 12.1. The van der Waals surface area contributed by atoms with Crippen molar-refractivity contribution in [1.82, 2.24) is 11.0 Å². The summed E-state index contributed by atoms with van der Waals surface area (Å²) in [5, 5.41) is 0. The Hall–Kier alpha value is -1.74. The maximum Gasteiger partial charge on any atom is 0.333 e. The molecule has 1 fully saturated rings. The van der Waals surface area contributed by atoms with Crippen LogP contribution in [0.2, 0.25) is 0 Å². The largest absolute Gasteiger partial charge is 0.462 e. The minimum Gasteiger partial charge on any atom is -0.462 e. The number of hydrogen-bond acceptors (Lipinski definition) is 8. The van der Waals surface area contributed by atoms with Crippen molar-refractivity contribution in [1.29, 1.82) is 0 Å². The standard InChI is InChI=1S/C24H42N2O6/c1-18(2)21(27)29-10-8-9-11-32-26-20-14-23(5,6)16-24(7,15-20)17-25-31-13-12-30-22(28)19(3)4/h20,25-26H,1,3,8-17H2,2,4-7H3. The molecule has 8 heteroatoms. The lowest BCUT2D eigenvalue weighted by Crippen LogP contribution is -2.48. The van der Waals surface area contributed by atoms with E-state index in [1.54, 1.807) is 13.8 Å². The van der Waals surface area contributed by atoms with Crippen LogP contribution in [0.1, 0.15) is 66.7 Å². The van der Waals surface area contributed by atoms with Gasteiger partial charge >= 0.3 is 11.9 Å². The van der Waals surface area contributed by atoms with Crippen LogP contribution in [0.5, 0.6) is 0 Å². The smallest absolute Gasteiger partial charge is 0.333 e. The van der Waals surface area contributed by atoms with E-state index in [1.807, 2.05) is 0 Å². The van der Waals surface area contributed by atoms with Gasteiger partial charge in [0.2, 0.25) is 0 Å². The number of carbonyl (C=O) groups excluding carboxylic acids is 2. The Morgan fingerprint density at radius 1 is 0.875 bits per heavy atom. The van der Waals surface area contributed by atoms with Crippen LogP contribution in [0, 0.1) is 10.8 Å². The van der Waals surface area contributed by atoms with Gasteiger partial charge in [0.1, 0.15) is 13.2 Å². The van der Waals surface area contributed by atoms with Crippen molar-refractivity contribution in [3.63, 3.8) is 0 Å². The third kappa shape index (κ3) is 11.8. The molecule has 0 aliphatic heterocycles. The zero-order valence-corrected chi connectivity index (χ0v) is 20.5. The lowest BCUT2D eigenvalue weighted by Gasteiger charge is -2.46. The molecule has 0 heterocycles. The molecule has 32 heavy (non-hydrogen) atoms. The maximum absolute atomic E-state index is 11.4. The van der Waals surface area contributed by atoms with Crippen molar-refractivity contribution in [2.24, 2.45) is 10.8 Å². The van der Waals surface area contributed by atoms with E-state index in [0.717, 1.165) is 32.1 Å². The second-order valence-corrected chi connectivity index (χ2v) is 9.93. The third-order valence-corrected chi connectivity index (χ3v) is 5.28. The molecule has 0 aromatic heterocycles. The molecule has 1 aliphatic rings. The molecule has 0 aromatic carbocycles. The highest BCUT2D eigenvalue weighted by Gasteiger charge is 2.41. The molecule has 0 radical (unpaired) electrons. The number of hydroxylamine groups is 2. The quantitative estimate of drug-likeness (QED) is 0.168. The predicted octanol–water partition coefficient (Wildman–Crippen LogP) is 3.63. The van der Waals surface area contributed by atoms with Crippen LogP contribution >= 0.6 is 0 Å². The highest BCUT2D eigenvalue weighted by molar-refractivity contribution is 5.87. The molecule has 2 unspecified atom stereocenters. The summed E-state index contributed by atoms with van der Waals surface area (Å²) in [5.74, 6) is -0.755. The van der Waals surface area contributed by atoms with Gasteiger partial charge in [-0.05, 0) is 56.8 Å². The summed E-state index contributed by atoms with van der Waals surface area (Å²) >= 11 is 0. The molecule has 0 aromatic rings. The van der Waals surface area contributed by atoms with Gasteiger partial charge in [-0.15, -0.1) is 0 Å². The van der Waals surface area contributed by atoms with E-state index in [1.165, 1.54) is 0 Å². The highest BCUT2D eigenvalue weighted by Crippen LogP contribution is 2.45. The zero-order chi connectivity index (χ0) is 24.2. The molecule has 2 atom stereocenters. The molecular weight excluding hydrogens is 412 g/mol. The van der Waals surface area contributed by atoms with E-state index in [2.05, 4.69) is 44.9 Å². The van der Waals surface area contributed by atoms with E-state index in [0.29, 0.717) is 30.9 Å². The van der Waals surface area contributed by atoms with Crippen molar-refractivity contribution in [3.8, 4) is 0 Å². The summed E-state index contributed by atoms with van der Waals surface area (Å²) in [4.78, 5) is 33.8. The predicted molar refractivity (Wildman–Crippen MR) is 123 cm³/mol. The average Bonchev–Trinajstić information content (AvgIpc) is 2.67. The summed E-state index contributed by atoms with van der Waals surface area (Å²) < 4.78 is 10.1. The topological polar surface area (TPSA) is 95.1 Å². The monoisotopic (exact) mass is 454 g/mol. The number of unbranched alkanes of at least 4 members (excludes halogenated alkanes) is 1. The van der Waals surface area contributed by atoms with Crippen LogP contribution in [-0.4, -0.2) is 51.0 Å². The van der Waals surface area contributed by atoms with Crippen molar-refractivity contribution < 1.29 is 28.7 Å². The molecule has 8 nitrogen and oxygen atoms in total. The van der Waals surface area contributed by atoms with Crippen LogP contribution in [0.3, 0.4) is 0 Å². The summed E-state index contributed by atoms with van der Waals surface area (Å²) in [7, 11) is 0. The van der Waals surface area contributed by atoms with Crippen LogP contribution in [0.15, 0.2) is 24.3 Å². The molecule has 1 saturated carbocycles. The molecule has 0 amide bonds. The van der Waals surface area contributed by atoms with Gasteiger partial charge in [-0.25, -0.2) is 15.1 Å². The van der Waals surface area contributed by atoms with Crippen molar-refractivity contribution >= 4 is 11.9 Å². The highest BCUT2D eigenvalue weighted by atomic mass is 16.7. The number of rotatable bonds is 15. The third-order valence-electron chi connectivity index (χ3n) is 5.28. The average molecular weight is 455 g/mol. The van der Waals surface area contributed by atoms with Crippen LogP contribution in [0.4, 0.5) is 0 Å². The second-order valence-electron chi connectivity index (χ2n) is 9.93. The summed E-state index contributed by atoms with van der Waals surface area (Å²) in [6, 6.07) is 0.239. The Morgan fingerprint density at radius 2 is 1.47 bits per heavy atom. The molecule has 184 valence electrons. The first-order valence-electron chi connectivity index (χ1n) is 11.3. The van der Waals surface area contributed by atoms with Crippen LogP contribution in [0.25, 0.3) is 0 Å². The van der Waals surface area contributed by atoms with Gasteiger partial charge in [-0.2, -0.15) is 5.48 Å². The van der Waals surface area contributed by atoms with Crippen LogP contribution in [-0.2, 0) is 28.7 Å². The van der Waals surface area contributed by atoms with E-state index >= 15 is 0 Å². The fourth-order valence-corrected chi connectivity index (χ4v) is 4.19. The van der Waals surface area contributed by atoms with Gasteiger partial charge in [0.05, 0.1) is 13.2 Å². The first-order chi connectivity index (χ1) is 14.9. The second kappa shape index (κ2) is 13.7. The summed E-state index contributed by atoms with van der Waals surface area (Å²) in [6.45, 7) is 19.2. The van der Waals surface area contributed by atoms with Gasteiger partial charge in [0.15, 0.2) is 0 Å². The van der Waals surface area contributed by atoms with Gasteiger partial charge in [-0.1, -0.05) is 33.9 Å². The molecule has 1 aliphatic carbocycles. The Bertz CT molecular complexity index is 648. The minimum absolute atomic E-state index is 0.0356. The van der Waals surface area contributed by atoms with Gasteiger partial charge in [0.25, 0.3) is 0 Å². The number of hydrogen-bond donors (Lipinski definition) is 2. The molecule has 1 rings (SSSR count). The Morgan fingerprint density at radius 3 is 2.09 bits per heavy atom. The summed E-state index contributed by atoms with van der Waals surface area (Å²) in [5.41, 5.74) is 7.26. The van der Waals surface area contributed by atoms with E-state index < -0.39 is 5.97 Å². The lowest BCUT2D eigenvalue weighted by molar-refractivity contribution is -0.142. The van der Waals surface area contributed by atoms with Crippen molar-refractivity contribution in [3.05, 3.63) is 24.3 Å². The maximum atomic E-state index is 11.4. The number of ether oxygens (including phenoxy) is 2. The fraction of sp³-hybridized carbons (Fsp3) is 0.750. The van der Waals surface area contributed by atoms with Gasteiger partial charge in [-0.3, -0.25) is 4.84 Å². The van der Waals surface area contributed by atoms with Crippen LogP contribution < -0.4 is 11.0 Å². The van der Waals surface area contributed by atoms with Gasteiger partial charge in [0, 0.05) is 23.7 Å². The van der Waals surface area contributed by atoms with Crippen molar-refractivity contribution in [2.75, 3.05) is 33.0 Å². The normalized spacial score (nSPS) is 22.2.